The summed E-state index contributed by atoms with van der Waals surface area (Å²) in [4.78, 5) is 17.9. The summed E-state index contributed by atoms with van der Waals surface area (Å²) in [6.45, 7) is 2.59. The zero-order valence-electron chi connectivity index (χ0n) is 15.6. The van der Waals surface area contributed by atoms with Crippen LogP contribution in [-0.2, 0) is 5.60 Å². The van der Waals surface area contributed by atoms with E-state index in [0.29, 0.717) is 35.5 Å². The number of benzene rings is 1. The van der Waals surface area contributed by atoms with Crippen LogP contribution in [0, 0.1) is 11.3 Å². The number of methoxy groups -OCH3 is 1. The Balaban J connectivity index is 1.88. The van der Waals surface area contributed by atoms with Gasteiger partial charge in [-0.05, 0) is 31.5 Å². The van der Waals surface area contributed by atoms with Crippen LogP contribution in [-0.4, -0.2) is 42.7 Å². The first kappa shape index (κ1) is 18.7. The minimum Gasteiger partial charge on any atom is -0.495 e. The van der Waals surface area contributed by atoms with Crippen LogP contribution in [0.4, 0.5) is 5.69 Å². The number of anilines is 1. The smallest absolute Gasteiger partial charge is 0.269 e. The third kappa shape index (κ3) is 3.20. The Morgan fingerprint density at radius 2 is 2.22 bits per heavy atom. The number of ether oxygens (including phenoxy) is 1. The number of nitrogens with one attached hydrogen (secondary N) is 1. The number of rotatable bonds is 4. The van der Waals surface area contributed by atoms with E-state index in [0.717, 1.165) is 5.69 Å². The molecule has 0 saturated carbocycles. The normalized spacial score (nSPS) is 21.6. The van der Waals surface area contributed by atoms with Crippen molar-refractivity contribution in [3.05, 3.63) is 53.3 Å². The van der Waals surface area contributed by atoms with E-state index in [1.807, 2.05) is 19.1 Å². The summed E-state index contributed by atoms with van der Waals surface area (Å²) in [5.41, 5.74) is 1.24. The number of nitrogens with zero attached hydrogens (tertiary/aromatic N) is 3. The van der Waals surface area contributed by atoms with Crippen LogP contribution in [0.2, 0.25) is 0 Å². The summed E-state index contributed by atoms with van der Waals surface area (Å²) in [6.07, 6.45) is 2.08. The van der Waals surface area contributed by atoms with Crippen LogP contribution in [0.25, 0.3) is 0 Å². The van der Waals surface area contributed by atoms with Crippen LogP contribution in [0.3, 0.4) is 0 Å². The molecule has 0 spiro atoms. The monoisotopic (exact) mass is 366 g/mol. The van der Waals surface area contributed by atoms with Crippen molar-refractivity contribution in [3.63, 3.8) is 0 Å². The molecule has 2 N–H and O–H groups in total. The second kappa shape index (κ2) is 7.25. The van der Waals surface area contributed by atoms with Gasteiger partial charge in [0.1, 0.15) is 23.1 Å². The maximum absolute atomic E-state index is 11.7. The van der Waals surface area contributed by atoms with Crippen molar-refractivity contribution in [2.24, 2.45) is 0 Å². The molecule has 0 radical (unpaired) electrons. The van der Waals surface area contributed by atoms with Crippen LogP contribution in [0.15, 0.2) is 36.5 Å². The zero-order valence-corrected chi connectivity index (χ0v) is 15.6. The van der Waals surface area contributed by atoms with E-state index in [-0.39, 0.29) is 11.9 Å². The number of aromatic nitrogens is 1. The van der Waals surface area contributed by atoms with Crippen LogP contribution in [0.5, 0.6) is 5.75 Å². The quantitative estimate of drug-likeness (QED) is 0.856. The molecule has 0 bridgehead atoms. The first-order valence-corrected chi connectivity index (χ1v) is 8.70. The summed E-state index contributed by atoms with van der Waals surface area (Å²) in [6, 6.07) is 10.6. The second-order valence-electron chi connectivity index (χ2n) is 6.55. The third-order valence-corrected chi connectivity index (χ3v) is 5.25. The topological polar surface area (TPSA) is 98.5 Å². The number of hydrogen-bond donors (Lipinski definition) is 2. The van der Waals surface area contributed by atoms with Gasteiger partial charge < -0.3 is 20.1 Å². The lowest BCUT2D eigenvalue weighted by atomic mass is 9.88. The molecule has 2 aromatic rings. The van der Waals surface area contributed by atoms with E-state index < -0.39 is 5.60 Å². The number of hydrogen-bond acceptors (Lipinski definition) is 6. The first-order valence-electron chi connectivity index (χ1n) is 8.70. The fourth-order valence-corrected chi connectivity index (χ4v) is 3.55. The van der Waals surface area contributed by atoms with Crippen LogP contribution < -0.4 is 15.0 Å². The lowest BCUT2D eigenvalue weighted by Crippen LogP contribution is -2.40. The SMILES string of the molecule is CNC(=O)c1ccc([C@]2(O)CCN(c3ccc(C#N)c(OC)c3)[C@H]2C)cn1. The highest BCUT2D eigenvalue weighted by molar-refractivity contribution is 5.91. The highest BCUT2D eigenvalue weighted by Crippen LogP contribution is 2.40. The van der Waals surface area contributed by atoms with Gasteiger partial charge in [0.05, 0.1) is 18.7 Å². The van der Waals surface area contributed by atoms with Crippen molar-refractivity contribution in [2.75, 3.05) is 25.6 Å². The highest BCUT2D eigenvalue weighted by Gasteiger charge is 2.45. The van der Waals surface area contributed by atoms with Gasteiger partial charge >= 0.3 is 0 Å². The lowest BCUT2D eigenvalue weighted by molar-refractivity contribution is 0.0326. The molecule has 0 aliphatic carbocycles. The fourth-order valence-electron chi connectivity index (χ4n) is 3.55. The fraction of sp³-hybridized carbons (Fsp3) is 0.350. The predicted molar refractivity (Wildman–Crippen MR) is 101 cm³/mol. The zero-order chi connectivity index (χ0) is 19.6. The molecule has 3 rings (SSSR count). The Bertz CT molecular complexity index is 891. The number of amides is 1. The molecule has 2 heterocycles. The minimum atomic E-state index is -1.09. The molecule has 1 aliphatic rings. The molecule has 1 aromatic heterocycles. The van der Waals surface area contributed by atoms with Gasteiger partial charge in [0.25, 0.3) is 5.91 Å². The van der Waals surface area contributed by atoms with Crippen LogP contribution in [0.1, 0.15) is 35.0 Å². The molecular formula is C20H22N4O3. The van der Waals surface area contributed by atoms with Crippen molar-refractivity contribution in [2.45, 2.75) is 25.0 Å². The Hall–Kier alpha value is -3.11. The number of carbonyl (C=O) groups is 1. The molecule has 1 fully saturated rings. The van der Waals surface area contributed by atoms with Crippen molar-refractivity contribution < 1.29 is 14.6 Å². The molecule has 7 nitrogen and oxygen atoms in total. The van der Waals surface area contributed by atoms with E-state index in [1.54, 1.807) is 31.4 Å². The maximum atomic E-state index is 11.7. The average Bonchev–Trinajstić information content (AvgIpc) is 3.02. The van der Waals surface area contributed by atoms with Gasteiger partial charge in [-0.1, -0.05) is 6.07 Å². The van der Waals surface area contributed by atoms with Crippen molar-refractivity contribution in [1.29, 1.82) is 5.26 Å². The Labute approximate surface area is 158 Å². The number of carbonyl (C=O) groups excluding carboxylic acids is 1. The van der Waals surface area contributed by atoms with Gasteiger partial charge in [-0.15, -0.1) is 0 Å². The average molecular weight is 366 g/mol. The predicted octanol–water partition coefficient (Wildman–Crippen LogP) is 1.81. The summed E-state index contributed by atoms with van der Waals surface area (Å²) in [5, 5.41) is 23.0. The van der Waals surface area contributed by atoms with Gasteiger partial charge in [-0.2, -0.15) is 5.26 Å². The molecule has 7 heteroatoms. The largest absolute Gasteiger partial charge is 0.495 e. The molecule has 140 valence electrons. The number of nitriles is 1. The molecule has 0 unspecified atom stereocenters. The van der Waals surface area contributed by atoms with Gasteiger partial charge in [0.15, 0.2) is 0 Å². The second-order valence-corrected chi connectivity index (χ2v) is 6.55. The first-order chi connectivity index (χ1) is 12.9. The van der Waals surface area contributed by atoms with Crippen molar-refractivity contribution in [3.8, 4) is 11.8 Å². The lowest BCUT2D eigenvalue weighted by Gasteiger charge is -2.33. The molecular weight excluding hydrogens is 344 g/mol. The van der Waals surface area contributed by atoms with Gasteiger partial charge in [-0.3, -0.25) is 9.78 Å². The number of pyridine rings is 1. The molecule has 1 amide bonds. The summed E-state index contributed by atoms with van der Waals surface area (Å²) >= 11 is 0. The summed E-state index contributed by atoms with van der Waals surface area (Å²) in [7, 11) is 3.08. The Morgan fingerprint density at radius 1 is 1.44 bits per heavy atom. The minimum absolute atomic E-state index is 0.220. The molecule has 1 saturated heterocycles. The van der Waals surface area contributed by atoms with E-state index in [1.165, 1.54) is 7.11 Å². The Kier molecular flexibility index (Phi) is 5.02. The molecule has 2 atom stereocenters. The Morgan fingerprint density at radius 3 is 2.81 bits per heavy atom. The summed E-state index contributed by atoms with van der Waals surface area (Å²) in [5.74, 6) is 0.244. The van der Waals surface area contributed by atoms with E-state index in [4.69, 9.17) is 10.00 Å². The van der Waals surface area contributed by atoms with Crippen molar-refractivity contribution in [1.82, 2.24) is 10.3 Å². The maximum Gasteiger partial charge on any atom is 0.269 e. The van der Waals surface area contributed by atoms with Gasteiger partial charge in [0.2, 0.25) is 0 Å². The van der Waals surface area contributed by atoms with Gasteiger partial charge in [-0.25, -0.2) is 0 Å². The third-order valence-electron chi connectivity index (χ3n) is 5.25. The highest BCUT2D eigenvalue weighted by atomic mass is 16.5. The van der Waals surface area contributed by atoms with E-state index in [2.05, 4.69) is 21.3 Å². The summed E-state index contributed by atoms with van der Waals surface area (Å²) < 4.78 is 5.29. The van der Waals surface area contributed by atoms with Gasteiger partial charge in [0, 0.05) is 37.1 Å². The van der Waals surface area contributed by atoms with Crippen LogP contribution >= 0.6 is 0 Å². The van der Waals surface area contributed by atoms with E-state index >= 15 is 0 Å². The number of aliphatic hydroxyl groups is 1. The van der Waals surface area contributed by atoms with E-state index in [9.17, 15) is 9.90 Å². The standard InChI is InChI=1S/C20H22N4O3/c1-13-20(26,15-5-7-17(23-12-15)19(25)22-2)8-9-24(13)16-6-4-14(11-21)18(10-16)27-3/h4-7,10,12-13,26H,8-9H2,1-3H3,(H,22,25)/t13-,20-/m0/s1. The molecule has 1 aromatic carbocycles. The molecule has 27 heavy (non-hydrogen) atoms. The van der Waals surface area contributed by atoms with Crippen molar-refractivity contribution >= 4 is 11.6 Å². The molecule has 1 aliphatic heterocycles.